The second-order valence-electron chi connectivity index (χ2n) is 8.26. The van der Waals surface area contributed by atoms with Gasteiger partial charge in [-0.05, 0) is 37.0 Å². The number of aromatic amines is 1. The van der Waals surface area contributed by atoms with Crippen molar-refractivity contribution in [3.05, 3.63) is 51.8 Å². The van der Waals surface area contributed by atoms with Crippen LogP contribution in [0.3, 0.4) is 0 Å². The van der Waals surface area contributed by atoms with Crippen LogP contribution >= 0.6 is 0 Å². The zero-order chi connectivity index (χ0) is 22.6. The highest BCUT2D eigenvalue weighted by Gasteiger charge is 2.37. The first-order valence-corrected chi connectivity index (χ1v) is 11.6. The topological polar surface area (TPSA) is 85.8 Å². The van der Waals surface area contributed by atoms with Gasteiger partial charge in [0.1, 0.15) is 28.1 Å². The van der Waals surface area contributed by atoms with Gasteiger partial charge in [0.25, 0.3) is 0 Å². The maximum Gasteiger partial charge on any atom is 0.432 e. The van der Waals surface area contributed by atoms with Crippen LogP contribution in [-0.2, 0) is 24.1 Å². The fourth-order valence-corrected chi connectivity index (χ4v) is 5.03. The van der Waals surface area contributed by atoms with E-state index in [9.17, 15) is 22.5 Å². The summed E-state index contributed by atoms with van der Waals surface area (Å²) in [6, 6.07) is 3.17. The van der Waals surface area contributed by atoms with E-state index in [0.717, 1.165) is 44.2 Å². The monoisotopic (exact) mass is 468 g/mol. The number of halogens is 4. The number of aromatic nitrogens is 3. The van der Waals surface area contributed by atoms with Gasteiger partial charge < -0.3 is 14.1 Å². The van der Waals surface area contributed by atoms with E-state index >= 15 is 4.39 Å². The van der Waals surface area contributed by atoms with Crippen LogP contribution in [0.2, 0.25) is 0 Å². The second kappa shape index (κ2) is 7.89. The summed E-state index contributed by atoms with van der Waals surface area (Å²) in [6.45, 7) is 0.242. The van der Waals surface area contributed by atoms with Crippen molar-refractivity contribution in [2.75, 3.05) is 0 Å². The Kier molecular flexibility index (Phi) is 5.30. The maximum absolute atomic E-state index is 15.1. The summed E-state index contributed by atoms with van der Waals surface area (Å²) in [7, 11) is 0. The fourth-order valence-electron chi connectivity index (χ4n) is 3.93. The number of fused-ring (bicyclic) bond motifs is 1. The third kappa shape index (κ3) is 3.93. The van der Waals surface area contributed by atoms with Gasteiger partial charge in [-0.3, -0.25) is 4.79 Å². The predicted octanol–water partition coefficient (Wildman–Crippen LogP) is 4.19. The van der Waals surface area contributed by atoms with Gasteiger partial charge in [-0.25, -0.2) is 9.37 Å². The van der Waals surface area contributed by atoms with E-state index in [4.69, 9.17) is 0 Å². The molecule has 2 N–H and O–H groups in total. The summed E-state index contributed by atoms with van der Waals surface area (Å²) >= 11 is -1.18. The van der Waals surface area contributed by atoms with E-state index in [1.54, 1.807) is 4.98 Å². The lowest BCUT2D eigenvalue weighted by Gasteiger charge is -2.27. The van der Waals surface area contributed by atoms with Crippen LogP contribution in [0.25, 0.3) is 22.3 Å². The van der Waals surface area contributed by atoms with E-state index < -0.39 is 45.9 Å². The number of nitrogens with zero attached hydrogens (tertiary/aromatic N) is 2. The van der Waals surface area contributed by atoms with Crippen molar-refractivity contribution in [3.8, 4) is 11.3 Å². The Labute approximate surface area is 183 Å². The van der Waals surface area contributed by atoms with Gasteiger partial charge in [-0.2, -0.15) is 13.2 Å². The number of hydrogen-bond acceptors (Lipinski definition) is 4. The number of rotatable bonds is 6. The Balaban J connectivity index is 1.62. The van der Waals surface area contributed by atoms with Crippen molar-refractivity contribution in [2.24, 2.45) is 0 Å². The number of hydrogen-bond donors (Lipinski definition) is 2. The minimum Gasteiger partial charge on any atom is -0.598 e. The van der Waals surface area contributed by atoms with Crippen molar-refractivity contribution >= 4 is 22.4 Å². The largest absolute Gasteiger partial charge is 0.598 e. The lowest BCUT2D eigenvalue weighted by molar-refractivity contribution is -0.140. The number of pyridine rings is 2. The zero-order valence-electron chi connectivity index (χ0n) is 16.8. The van der Waals surface area contributed by atoms with Crippen molar-refractivity contribution in [3.63, 3.8) is 0 Å². The summed E-state index contributed by atoms with van der Waals surface area (Å²) in [5.74, 6) is -0.925. The lowest BCUT2D eigenvalue weighted by Crippen LogP contribution is -2.26. The molecule has 1 unspecified atom stereocenters. The van der Waals surface area contributed by atoms with Gasteiger partial charge in [0.2, 0.25) is 5.56 Å². The molecule has 3 aromatic rings. The van der Waals surface area contributed by atoms with Gasteiger partial charge in [0.05, 0.1) is 6.54 Å². The molecule has 32 heavy (non-hydrogen) atoms. The van der Waals surface area contributed by atoms with Crippen molar-refractivity contribution in [1.29, 1.82) is 0 Å². The Morgan fingerprint density at radius 3 is 2.62 bits per heavy atom. The van der Waals surface area contributed by atoms with E-state index in [1.165, 1.54) is 6.07 Å². The molecule has 0 saturated heterocycles. The van der Waals surface area contributed by atoms with Crippen LogP contribution in [0, 0.1) is 5.82 Å². The quantitative estimate of drug-likeness (QED) is 0.420. The molecule has 0 aromatic carbocycles. The molecular weight excluding hydrogens is 448 g/mol. The smallest absolute Gasteiger partial charge is 0.432 e. The Hall–Kier alpha value is -2.37. The minimum absolute atomic E-state index is 0.128. The van der Waals surface area contributed by atoms with Crippen LogP contribution in [-0.4, -0.2) is 24.3 Å². The molecule has 3 heterocycles. The van der Waals surface area contributed by atoms with E-state index in [-0.39, 0.29) is 17.8 Å². The standard InChI is InChI=1S/C21H20F4N4O2S/c22-16-8-15-11(9-26-32(31)13-4-5-13)10-29(12-2-1-3-12)20(15)28-18(16)14-6-7-17(30)27-19(14)21(23,24)25/h6-8,10,12-13,26H,1-5,9H2,(H,27,30). The summed E-state index contributed by atoms with van der Waals surface area (Å²) < 4.78 is 72.6. The molecule has 0 spiro atoms. The Morgan fingerprint density at radius 2 is 2.00 bits per heavy atom. The second-order valence-corrected chi connectivity index (χ2v) is 9.81. The third-order valence-electron chi connectivity index (χ3n) is 6.00. The van der Waals surface area contributed by atoms with Crippen LogP contribution in [0.15, 0.2) is 29.2 Å². The van der Waals surface area contributed by atoms with Gasteiger partial charge in [0, 0.05) is 53.5 Å². The van der Waals surface area contributed by atoms with Crippen LogP contribution in [0.4, 0.5) is 17.6 Å². The summed E-state index contributed by atoms with van der Waals surface area (Å²) in [5.41, 5.74) is -2.19. The molecule has 0 bridgehead atoms. The first kappa shape index (κ1) is 21.5. The molecule has 0 aliphatic heterocycles. The normalized spacial score (nSPS) is 18.2. The molecule has 170 valence electrons. The average Bonchev–Trinajstić information content (AvgIpc) is 3.49. The molecule has 2 saturated carbocycles. The average molecular weight is 468 g/mol. The highest BCUT2D eigenvalue weighted by molar-refractivity contribution is 7.90. The number of nitrogens with one attached hydrogen (secondary N) is 2. The minimum atomic E-state index is -4.88. The predicted molar refractivity (Wildman–Crippen MR) is 112 cm³/mol. The van der Waals surface area contributed by atoms with Crippen molar-refractivity contribution in [2.45, 2.75) is 56.1 Å². The molecule has 5 rings (SSSR count). The molecule has 6 nitrogen and oxygen atoms in total. The Morgan fingerprint density at radius 1 is 1.25 bits per heavy atom. The molecule has 11 heteroatoms. The fraction of sp³-hybridized carbons (Fsp3) is 0.429. The van der Waals surface area contributed by atoms with Gasteiger partial charge in [-0.15, -0.1) is 4.72 Å². The molecule has 2 fully saturated rings. The van der Waals surface area contributed by atoms with E-state index in [2.05, 4.69) is 9.71 Å². The molecule has 0 radical (unpaired) electrons. The van der Waals surface area contributed by atoms with Crippen molar-refractivity contribution < 1.29 is 22.1 Å². The van der Waals surface area contributed by atoms with Gasteiger partial charge in [0.15, 0.2) is 0 Å². The highest BCUT2D eigenvalue weighted by atomic mass is 32.2. The number of alkyl halides is 3. The van der Waals surface area contributed by atoms with E-state index in [0.29, 0.717) is 16.6 Å². The van der Waals surface area contributed by atoms with Crippen LogP contribution in [0.5, 0.6) is 0 Å². The first-order chi connectivity index (χ1) is 15.2. The van der Waals surface area contributed by atoms with E-state index in [1.807, 2.05) is 10.8 Å². The molecule has 1 atom stereocenters. The van der Waals surface area contributed by atoms with Gasteiger partial charge >= 0.3 is 6.18 Å². The van der Waals surface area contributed by atoms with Crippen molar-refractivity contribution in [1.82, 2.24) is 19.3 Å². The molecular formula is C21H20F4N4O2S. The summed E-state index contributed by atoms with van der Waals surface area (Å²) in [6.07, 6.45) is 1.57. The Bertz CT molecular complexity index is 1230. The summed E-state index contributed by atoms with van der Waals surface area (Å²) in [5, 5.41) is 0.605. The van der Waals surface area contributed by atoms with Gasteiger partial charge in [-0.1, -0.05) is 0 Å². The maximum atomic E-state index is 15.1. The van der Waals surface area contributed by atoms with Crippen LogP contribution in [0.1, 0.15) is 49.4 Å². The summed E-state index contributed by atoms with van der Waals surface area (Å²) in [4.78, 5) is 17.6. The third-order valence-corrected chi connectivity index (χ3v) is 7.50. The lowest BCUT2D eigenvalue weighted by atomic mass is 9.93. The first-order valence-electron chi connectivity index (χ1n) is 10.4. The molecule has 0 amide bonds. The highest BCUT2D eigenvalue weighted by Crippen LogP contribution is 2.39. The SMILES string of the molecule is O=c1ccc(-c2nc3c(cc2F)c(CN[S+]([O-])C2CC2)cn3C2CCC2)c(C(F)(F)F)[nH]1. The number of H-pyrrole nitrogens is 1. The van der Waals surface area contributed by atoms with Crippen LogP contribution < -0.4 is 10.3 Å². The zero-order valence-corrected chi connectivity index (χ0v) is 17.7. The molecule has 2 aliphatic rings. The molecule has 2 aliphatic carbocycles. The molecule has 3 aromatic heterocycles.